The molecule has 0 saturated heterocycles. The van der Waals surface area contributed by atoms with E-state index in [-0.39, 0.29) is 6.61 Å². The number of aromatic amines is 1. The van der Waals surface area contributed by atoms with Crippen molar-refractivity contribution >= 4 is 45.8 Å². The van der Waals surface area contributed by atoms with E-state index in [2.05, 4.69) is 21.4 Å². The van der Waals surface area contributed by atoms with Gasteiger partial charge >= 0.3 is 6.09 Å². The van der Waals surface area contributed by atoms with Gasteiger partial charge in [-0.3, -0.25) is 5.32 Å². The molecule has 0 aliphatic carbocycles. The van der Waals surface area contributed by atoms with E-state index in [0.717, 1.165) is 15.9 Å². The van der Waals surface area contributed by atoms with Crippen LogP contribution in [0.5, 0.6) is 0 Å². The van der Waals surface area contributed by atoms with E-state index in [1.807, 2.05) is 12.1 Å². The molecule has 3 rings (SSSR count). The number of nitriles is 1. The molecule has 1 aromatic carbocycles. The highest BCUT2D eigenvalue weighted by molar-refractivity contribution is 7.73. The summed E-state index contributed by atoms with van der Waals surface area (Å²) in [6, 6.07) is 12.7. The topological polar surface area (TPSA) is 90.8 Å². The first kappa shape index (κ1) is 16.1. The van der Waals surface area contributed by atoms with Crippen molar-refractivity contribution in [3.8, 4) is 6.07 Å². The van der Waals surface area contributed by atoms with Gasteiger partial charge in [-0.25, -0.2) is 9.78 Å². The van der Waals surface area contributed by atoms with Crippen LogP contribution >= 0.6 is 23.6 Å². The molecule has 2 heterocycles. The molecule has 0 aliphatic heterocycles. The van der Waals surface area contributed by atoms with Gasteiger partial charge in [-0.15, -0.1) is 0 Å². The minimum absolute atomic E-state index is 0.239. The van der Waals surface area contributed by atoms with Gasteiger partial charge in [0, 0.05) is 6.42 Å². The molecule has 8 heteroatoms. The first-order chi connectivity index (χ1) is 11.6. The normalized spacial score (nSPS) is 10.3. The summed E-state index contributed by atoms with van der Waals surface area (Å²) in [4.78, 5) is 19.8. The smallest absolute Gasteiger partial charge is 0.412 e. The number of anilines is 1. The molecule has 2 N–H and O–H groups in total. The fourth-order valence-corrected chi connectivity index (χ4v) is 3.11. The minimum Gasteiger partial charge on any atom is -0.449 e. The Morgan fingerprint density at radius 3 is 2.88 bits per heavy atom. The molecular formula is C16H12N4O2S2. The summed E-state index contributed by atoms with van der Waals surface area (Å²) < 4.78 is 5.78. The fourth-order valence-electron chi connectivity index (χ4n) is 2.05. The largest absolute Gasteiger partial charge is 0.449 e. The van der Waals surface area contributed by atoms with Gasteiger partial charge in [0.15, 0.2) is 3.95 Å². The third kappa shape index (κ3) is 3.95. The number of H-pyrrole nitrogens is 1. The Hall–Kier alpha value is -2.76. The Morgan fingerprint density at radius 1 is 1.33 bits per heavy atom. The first-order valence-corrected chi connectivity index (χ1v) is 8.29. The van der Waals surface area contributed by atoms with E-state index in [1.54, 1.807) is 24.3 Å². The molecule has 3 aromatic rings. The van der Waals surface area contributed by atoms with Gasteiger partial charge < -0.3 is 9.72 Å². The lowest BCUT2D eigenvalue weighted by atomic mass is 10.1. The predicted octanol–water partition coefficient (Wildman–Crippen LogP) is 4.02. The predicted molar refractivity (Wildman–Crippen MR) is 94.6 cm³/mol. The number of hydrogen-bond acceptors (Lipinski definition) is 6. The summed E-state index contributed by atoms with van der Waals surface area (Å²) in [6.45, 7) is 0.239. The van der Waals surface area contributed by atoms with Crippen molar-refractivity contribution < 1.29 is 9.53 Å². The quantitative estimate of drug-likeness (QED) is 0.689. The maximum atomic E-state index is 11.8. The highest BCUT2D eigenvalue weighted by Gasteiger charge is 2.06. The second-order valence-electron chi connectivity index (χ2n) is 4.88. The number of fused-ring (bicyclic) bond motifs is 1. The van der Waals surface area contributed by atoms with Crippen LogP contribution in [-0.2, 0) is 11.2 Å². The second kappa shape index (κ2) is 7.21. The second-order valence-corrected chi connectivity index (χ2v) is 6.55. The van der Waals surface area contributed by atoms with Gasteiger partial charge in [-0.2, -0.15) is 5.26 Å². The Labute approximate surface area is 146 Å². The molecular weight excluding hydrogens is 344 g/mol. The number of thiazole rings is 1. The highest BCUT2D eigenvalue weighted by Crippen LogP contribution is 2.19. The van der Waals surface area contributed by atoms with E-state index >= 15 is 0 Å². The molecule has 0 bridgehead atoms. The van der Waals surface area contributed by atoms with Crippen molar-refractivity contribution in [1.82, 2.24) is 9.97 Å². The third-order valence-corrected chi connectivity index (χ3v) is 4.37. The van der Waals surface area contributed by atoms with Crippen LogP contribution < -0.4 is 5.32 Å². The molecule has 120 valence electrons. The van der Waals surface area contributed by atoms with Crippen molar-refractivity contribution in [3.63, 3.8) is 0 Å². The van der Waals surface area contributed by atoms with Crippen LogP contribution in [0.25, 0.3) is 10.3 Å². The molecule has 2 aromatic heterocycles. The molecule has 0 unspecified atom stereocenters. The van der Waals surface area contributed by atoms with Crippen molar-refractivity contribution in [3.05, 3.63) is 51.5 Å². The molecule has 1 amide bonds. The van der Waals surface area contributed by atoms with Crippen LogP contribution in [0.4, 0.5) is 10.6 Å². The number of hydrogen-bond donors (Lipinski definition) is 2. The summed E-state index contributed by atoms with van der Waals surface area (Å²) in [7, 11) is 0. The number of pyridine rings is 1. The maximum Gasteiger partial charge on any atom is 0.412 e. The monoisotopic (exact) mass is 356 g/mol. The van der Waals surface area contributed by atoms with Crippen molar-refractivity contribution in [2.75, 3.05) is 11.9 Å². The molecule has 0 radical (unpaired) electrons. The molecule has 0 fully saturated rings. The Kier molecular flexibility index (Phi) is 4.84. The highest BCUT2D eigenvalue weighted by atomic mass is 32.1. The lowest BCUT2D eigenvalue weighted by molar-refractivity contribution is 0.163. The van der Waals surface area contributed by atoms with Crippen molar-refractivity contribution in [1.29, 1.82) is 5.26 Å². The summed E-state index contributed by atoms with van der Waals surface area (Å²) >= 11 is 6.40. The van der Waals surface area contributed by atoms with Crippen LogP contribution in [-0.4, -0.2) is 22.7 Å². The Morgan fingerprint density at radius 2 is 2.12 bits per heavy atom. The molecule has 0 aliphatic rings. The number of carbonyl (C=O) groups is 1. The van der Waals surface area contributed by atoms with Gasteiger partial charge in [-0.1, -0.05) is 23.5 Å². The average Bonchev–Trinajstić information content (AvgIpc) is 2.95. The van der Waals surface area contributed by atoms with Crippen LogP contribution in [0.2, 0.25) is 0 Å². The number of aromatic nitrogens is 2. The Bertz CT molecular complexity index is 970. The number of benzene rings is 1. The molecule has 0 atom stereocenters. The molecule has 0 spiro atoms. The molecule has 24 heavy (non-hydrogen) atoms. The van der Waals surface area contributed by atoms with E-state index in [1.165, 1.54) is 11.3 Å². The number of amides is 1. The number of rotatable bonds is 4. The Balaban J connectivity index is 1.52. The number of nitrogens with zero attached hydrogens (tertiary/aromatic N) is 2. The van der Waals surface area contributed by atoms with Crippen LogP contribution in [0.15, 0.2) is 36.4 Å². The fraction of sp³-hybridized carbons (Fsp3) is 0.125. The van der Waals surface area contributed by atoms with Gasteiger partial charge in [0.1, 0.15) is 10.6 Å². The minimum atomic E-state index is -0.561. The standard InChI is InChI=1S/C16H12N4O2S2/c17-9-11-3-1-10(2-4-11)7-8-22-15(21)20-13-6-5-12-14(19-13)24-16(23)18-12/h1-6H,7-8H2,(H,18,23)(H,19,20,21). The van der Waals surface area contributed by atoms with E-state index in [4.69, 9.17) is 22.2 Å². The zero-order chi connectivity index (χ0) is 16.9. The van der Waals surface area contributed by atoms with Gasteiger partial charge in [0.25, 0.3) is 0 Å². The van der Waals surface area contributed by atoms with E-state index in [9.17, 15) is 4.79 Å². The zero-order valence-electron chi connectivity index (χ0n) is 12.4. The molecule has 0 saturated carbocycles. The summed E-state index contributed by atoms with van der Waals surface area (Å²) in [5.41, 5.74) is 2.44. The van der Waals surface area contributed by atoms with Crippen LogP contribution in [0.3, 0.4) is 0 Å². The van der Waals surface area contributed by atoms with Crippen molar-refractivity contribution in [2.45, 2.75) is 6.42 Å². The van der Waals surface area contributed by atoms with Crippen LogP contribution in [0, 0.1) is 15.3 Å². The van der Waals surface area contributed by atoms with E-state index in [0.29, 0.717) is 21.8 Å². The van der Waals surface area contributed by atoms with Gasteiger partial charge in [0.05, 0.1) is 23.8 Å². The zero-order valence-corrected chi connectivity index (χ0v) is 14.0. The van der Waals surface area contributed by atoms with Crippen molar-refractivity contribution in [2.24, 2.45) is 0 Å². The maximum absolute atomic E-state index is 11.8. The van der Waals surface area contributed by atoms with Gasteiger partial charge in [-0.05, 0) is 42.0 Å². The average molecular weight is 356 g/mol. The summed E-state index contributed by atoms with van der Waals surface area (Å²) in [5.74, 6) is 0.413. The van der Waals surface area contributed by atoms with Crippen LogP contribution in [0.1, 0.15) is 11.1 Å². The number of ether oxygens (including phenoxy) is 1. The molecule has 6 nitrogen and oxygen atoms in total. The third-order valence-electron chi connectivity index (χ3n) is 3.22. The van der Waals surface area contributed by atoms with Gasteiger partial charge in [0.2, 0.25) is 0 Å². The number of carbonyl (C=O) groups excluding carboxylic acids is 1. The summed E-state index contributed by atoms with van der Waals surface area (Å²) in [5, 5.41) is 11.3. The lowest BCUT2D eigenvalue weighted by Crippen LogP contribution is -2.16. The first-order valence-electron chi connectivity index (χ1n) is 7.07. The number of nitrogens with one attached hydrogen (secondary N) is 2. The SMILES string of the molecule is N#Cc1ccc(CCOC(=O)Nc2ccc3[nH]c(=S)sc3n2)cc1. The summed E-state index contributed by atoms with van der Waals surface area (Å²) in [6.07, 6.45) is 0.0137. The lowest BCUT2D eigenvalue weighted by Gasteiger charge is -2.06. The van der Waals surface area contributed by atoms with E-state index < -0.39 is 6.09 Å².